The number of amides is 1. The van der Waals surface area contributed by atoms with Crippen molar-refractivity contribution in [3.8, 4) is 5.75 Å². The van der Waals surface area contributed by atoms with Crippen LogP contribution in [0.15, 0.2) is 77.2 Å². The fourth-order valence-corrected chi connectivity index (χ4v) is 5.26. The molecular formula is C33H36N2O5S. The van der Waals surface area contributed by atoms with Crippen LogP contribution in [0.25, 0.3) is 6.08 Å². The average Bonchev–Trinajstić information content (AvgIpc) is 3.40. The smallest absolute Gasteiger partial charge is 0.333 e. The third-order valence-corrected chi connectivity index (χ3v) is 7.85. The highest BCUT2D eigenvalue weighted by atomic mass is 32.1. The minimum atomic E-state index is -0.556. The fraction of sp³-hybridized carbons (Fsp3) is 0.333. The summed E-state index contributed by atoms with van der Waals surface area (Å²) < 4.78 is 11.0. The number of aromatic nitrogens is 1. The van der Waals surface area contributed by atoms with Crippen LogP contribution in [0.2, 0.25) is 0 Å². The number of ketones is 1. The Hall–Kier alpha value is -4.04. The Morgan fingerprint density at radius 2 is 1.78 bits per heavy atom. The van der Waals surface area contributed by atoms with Crippen LogP contribution in [0, 0.1) is 5.92 Å². The SMILES string of the molecule is CCOC(=O)C(C)=CC(C)=Cc1csc([C@H](Cc2ccc(OCc3ccccc3)cc2)NC(=O)C(=O)C2CCC2)n1. The molecule has 0 radical (unpaired) electrons. The molecule has 2 aromatic carbocycles. The lowest BCUT2D eigenvalue weighted by Gasteiger charge is -2.24. The van der Waals surface area contributed by atoms with Gasteiger partial charge >= 0.3 is 5.97 Å². The Morgan fingerprint density at radius 3 is 2.44 bits per heavy atom. The van der Waals surface area contributed by atoms with Crippen molar-refractivity contribution in [2.24, 2.45) is 5.92 Å². The van der Waals surface area contributed by atoms with Gasteiger partial charge in [-0.1, -0.05) is 48.9 Å². The second-order valence-corrected chi connectivity index (χ2v) is 11.1. The molecule has 1 aromatic heterocycles. The molecular weight excluding hydrogens is 536 g/mol. The van der Waals surface area contributed by atoms with Crippen molar-refractivity contribution in [3.05, 3.63) is 99.0 Å². The van der Waals surface area contributed by atoms with Crippen molar-refractivity contribution < 1.29 is 23.9 Å². The molecule has 1 aliphatic rings. The number of rotatable bonds is 13. The maximum atomic E-state index is 12.9. The third kappa shape index (κ3) is 8.72. The zero-order valence-electron chi connectivity index (χ0n) is 23.7. The number of nitrogens with zero attached hydrogens (tertiary/aromatic N) is 1. The summed E-state index contributed by atoms with van der Waals surface area (Å²) >= 11 is 1.42. The minimum absolute atomic E-state index is 0.177. The molecule has 214 valence electrons. The molecule has 0 bridgehead atoms. The van der Waals surface area contributed by atoms with E-state index in [0.717, 1.165) is 41.7 Å². The molecule has 1 N–H and O–H groups in total. The van der Waals surface area contributed by atoms with E-state index in [1.54, 1.807) is 19.9 Å². The lowest BCUT2D eigenvalue weighted by molar-refractivity contribution is -0.142. The van der Waals surface area contributed by atoms with E-state index < -0.39 is 11.9 Å². The normalized spacial score (nSPS) is 14.6. The number of thiazole rings is 1. The molecule has 1 saturated carbocycles. The summed E-state index contributed by atoms with van der Waals surface area (Å²) in [5.74, 6) is -0.683. The van der Waals surface area contributed by atoms with Crippen molar-refractivity contribution in [1.82, 2.24) is 10.3 Å². The second kappa shape index (κ2) is 14.6. The molecule has 0 unspecified atom stereocenters. The second-order valence-electron chi connectivity index (χ2n) is 10.2. The Morgan fingerprint density at radius 1 is 1.05 bits per heavy atom. The number of hydrogen-bond donors (Lipinski definition) is 1. The summed E-state index contributed by atoms with van der Waals surface area (Å²) in [6.45, 7) is 6.17. The van der Waals surface area contributed by atoms with E-state index in [1.807, 2.05) is 73.0 Å². The maximum absolute atomic E-state index is 12.9. The highest BCUT2D eigenvalue weighted by molar-refractivity contribution is 7.09. The summed E-state index contributed by atoms with van der Waals surface area (Å²) in [6, 6.07) is 17.3. The Labute approximate surface area is 245 Å². The van der Waals surface area contributed by atoms with Crippen LogP contribution in [-0.2, 0) is 32.1 Å². The molecule has 1 aliphatic carbocycles. The number of Topliss-reactive ketones (excluding diaryl/α,β-unsaturated/α-hetero) is 1. The lowest BCUT2D eigenvalue weighted by Crippen LogP contribution is -2.40. The Bertz CT molecular complexity index is 1400. The maximum Gasteiger partial charge on any atom is 0.333 e. The number of nitrogens with one attached hydrogen (secondary N) is 1. The largest absolute Gasteiger partial charge is 0.489 e. The van der Waals surface area contributed by atoms with Crippen molar-refractivity contribution >= 4 is 35.1 Å². The lowest BCUT2D eigenvalue weighted by atomic mass is 9.82. The van der Waals surface area contributed by atoms with Gasteiger partial charge in [0.1, 0.15) is 17.4 Å². The predicted molar refractivity (Wildman–Crippen MR) is 160 cm³/mol. The van der Waals surface area contributed by atoms with Gasteiger partial charge in [-0.2, -0.15) is 0 Å². The van der Waals surface area contributed by atoms with Crippen LogP contribution in [0.3, 0.4) is 0 Å². The topological polar surface area (TPSA) is 94.6 Å². The van der Waals surface area contributed by atoms with Crippen molar-refractivity contribution in [3.63, 3.8) is 0 Å². The molecule has 41 heavy (non-hydrogen) atoms. The van der Waals surface area contributed by atoms with Crippen molar-refractivity contribution in [1.29, 1.82) is 0 Å². The van der Waals surface area contributed by atoms with E-state index in [9.17, 15) is 14.4 Å². The average molecular weight is 573 g/mol. The molecule has 0 saturated heterocycles. The van der Waals surface area contributed by atoms with E-state index >= 15 is 0 Å². The molecule has 8 heteroatoms. The van der Waals surface area contributed by atoms with Gasteiger partial charge in [0, 0.05) is 16.9 Å². The number of benzene rings is 2. The van der Waals surface area contributed by atoms with Gasteiger partial charge in [-0.25, -0.2) is 9.78 Å². The fourth-order valence-electron chi connectivity index (χ4n) is 4.43. The summed E-state index contributed by atoms with van der Waals surface area (Å²) in [5.41, 5.74) is 4.14. The van der Waals surface area contributed by atoms with E-state index in [1.165, 1.54) is 11.3 Å². The van der Waals surface area contributed by atoms with E-state index in [-0.39, 0.29) is 17.7 Å². The highest BCUT2D eigenvalue weighted by Gasteiger charge is 2.32. The zero-order chi connectivity index (χ0) is 29.2. The standard InChI is InChI=1S/C33H36N2O5S/c1-4-39-33(38)23(3)17-22(2)18-27-21-41-32(34-27)29(35-31(37)30(36)26-11-8-12-26)19-24-13-15-28(16-14-24)40-20-25-9-6-5-7-10-25/h5-7,9-10,13-18,21,26,29H,4,8,11-12,19-20H2,1-3H3,(H,35,37)/t29-/m0/s1. The van der Waals surface area contributed by atoms with Gasteiger partial charge in [0.25, 0.3) is 5.91 Å². The number of esters is 1. The number of hydrogen-bond acceptors (Lipinski definition) is 7. The van der Waals surface area contributed by atoms with Crippen LogP contribution in [0.5, 0.6) is 5.75 Å². The van der Waals surface area contributed by atoms with Gasteiger partial charge < -0.3 is 14.8 Å². The van der Waals surface area contributed by atoms with Gasteiger partial charge in [0.2, 0.25) is 5.78 Å². The number of carbonyl (C=O) groups is 3. The quantitative estimate of drug-likeness (QED) is 0.110. The monoisotopic (exact) mass is 572 g/mol. The summed E-state index contributed by atoms with van der Waals surface area (Å²) in [5, 5.41) is 5.56. The van der Waals surface area contributed by atoms with Gasteiger partial charge in [-0.3, -0.25) is 9.59 Å². The van der Waals surface area contributed by atoms with Crippen molar-refractivity contribution in [2.45, 2.75) is 59.1 Å². The van der Waals surface area contributed by atoms with Gasteiger partial charge in [0.05, 0.1) is 18.3 Å². The predicted octanol–water partition coefficient (Wildman–Crippen LogP) is 6.40. The highest BCUT2D eigenvalue weighted by Crippen LogP contribution is 2.29. The summed E-state index contributed by atoms with van der Waals surface area (Å²) in [7, 11) is 0. The number of allylic oxidation sites excluding steroid dienone is 2. The van der Waals surface area contributed by atoms with Crippen LogP contribution in [0.4, 0.5) is 0 Å². The summed E-state index contributed by atoms with van der Waals surface area (Å²) in [6.07, 6.45) is 6.63. The van der Waals surface area contributed by atoms with Crippen molar-refractivity contribution in [2.75, 3.05) is 6.61 Å². The molecule has 3 aromatic rings. The molecule has 0 aliphatic heterocycles. The van der Waals surface area contributed by atoms with Crippen LogP contribution in [-0.4, -0.2) is 29.3 Å². The van der Waals surface area contributed by atoms with Crippen LogP contribution in [0.1, 0.15) is 67.9 Å². The molecule has 0 spiro atoms. The van der Waals surface area contributed by atoms with Gasteiger partial charge in [-0.15, -0.1) is 11.3 Å². The molecule has 1 atom stereocenters. The number of carbonyl (C=O) groups excluding carboxylic acids is 3. The van der Waals surface area contributed by atoms with E-state index in [0.29, 0.717) is 35.9 Å². The Kier molecular flexibility index (Phi) is 10.6. The first kappa shape index (κ1) is 29.9. The van der Waals surface area contributed by atoms with E-state index in [2.05, 4.69) is 5.32 Å². The first-order valence-electron chi connectivity index (χ1n) is 13.9. The molecule has 4 rings (SSSR count). The summed E-state index contributed by atoms with van der Waals surface area (Å²) in [4.78, 5) is 42.2. The third-order valence-electron chi connectivity index (χ3n) is 6.87. The zero-order valence-corrected chi connectivity index (χ0v) is 24.5. The Balaban J connectivity index is 1.48. The number of ether oxygens (including phenoxy) is 2. The van der Waals surface area contributed by atoms with E-state index in [4.69, 9.17) is 14.5 Å². The van der Waals surface area contributed by atoms with Gasteiger partial charge in [-0.05, 0) is 81.0 Å². The minimum Gasteiger partial charge on any atom is -0.489 e. The molecule has 1 heterocycles. The van der Waals surface area contributed by atoms with Crippen LogP contribution < -0.4 is 10.1 Å². The van der Waals surface area contributed by atoms with Gasteiger partial charge in [0.15, 0.2) is 0 Å². The van der Waals surface area contributed by atoms with Crippen LogP contribution >= 0.6 is 11.3 Å². The molecule has 1 amide bonds. The first-order valence-corrected chi connectivity index (χ1v) is 14.8. The molecule has 7 nitrogen and oxygen atoms in total. The first-order chi connectivity index (χ1) is 19.8. The molecule has 1 fully saturated rings.